The molecule has 1 heterocycles. The lowest BCUT2D eigenvalue weighted by atomic mass is 9.87. The van der Waals surface area contributed by atoms with Gasteiger partial charge in [-0.1, -0.05) is 25.1 Å². The molecule has 2 N–H and O–H groups in total. The Morgan fingerprint density at radius 1 is 1.32 bits per heavy atom. The molecule has 0 saturated carbocycles. The lowest BCUT2D eigenvalue weighted by molar-refractivity contribution is 0.102. The molecule has 22 heavy (non-hydrogen) atoms. The quantitative estimate of drug-likeness (QED) is 0.894. The second kappa shape index (κ2) is 5.79. The van der Waals surface area contributed by atoms with Crippen molar-refractivity contribution in [3.05, 3.63) is 63.1 Å². The number of fused-ring (bicyclic) bond motifs is 1. The summed E-state index contributed by atoms with van der Waals surface area (Å²) in [7, 11) is 0. The molecule has 1 aliphatic carbocycles. The van der Waals surface area contributed by atoms with Gasteiger partial charge in [-0.15, -0.1) is 0 Å². The number of hydrogen-bond acceptors (Lipinski definition) is 2. The highest BCUT2D eigenvalue weighted by Crippen LogP contribution is 2.23. The average Bonchev–Trinajstić information content (AvgIpc) is 2.49. The maximum atomic E-state index is 12.4. The van der Waals surface area contributed by atoms with Crippen molar-refractivity contribution in [1.82, 2.24) is 4.98 Å². The molecule has 1 aromatic carbocycles. The summed E-state index contributed by atoms with van der Waals surface area (Å²) >= 11 is 0. The molecule has 3 rings (SSSR count). The molecule has 1 aliphatic rings. The molecule has 114 valence electrons. The number of hydrogen-bond donors (Lipinski definition) is 2. The molecule has 4 nitrogen and oxygen atoms in total. The standard InChI is InChI=1S/C18H20N2O2/c1-11-7-8-16-13(9-11)10-14(18(22)20-16)17(21)19-15-6-4-3-5-12(15)2/h3-6,10-11H,7-9H2,1-2H3,(H,19,21)(H,20,22). The number of pyridine rings is 1. The normalized spacial score (nSPS) is 16.9. The summed E-state index contributed by atoms with van der Waals surface area (Å²) in [6.45, 7) is 4.12. The number of aromatic amines is 1. The Kier molecular flexibility index (Phi) is 3.84. The van der Waals surface area contributed by atoms with Crippen molar-refractivity contribution in [3.8, 4) is 0 Å². The topological polar surface area (TPSA) is 62.0 Å². The van der Waals surface area contributed by atoms with Gasteiger partial charge in [-0.2, -0.15) is 0 Å². The van der Waals surface area contributed by atoms with Crippen LogP contribution >= 0.6 is 0 Å². The van der Waals surface area contributed by atoms with Gasteiger partial charge in [0.15, 0.2) is 0 Å². The Bertz CT molecular complexity index is 777. The van der Waals surface area contributed by atoms with E-state index in [0.717, 1.165) is 41.8 Å². The zero-order chi connectivity index (χ0) is 15.7. The van der Waals surface area contributed by atoms with Gasteiger partial charge in [-0.05, 0) is 55.4 Å². The van der Waals surface area contributed by atoms with Crippen LogP contribution in [-0.2, 0) is 12.8 Å². The smallest absolute Gasteiger partial charge is 0.261 e. The molecule has 1 unspecified atom stereocenters. The number of aryl methyl sites for hydroxylation is 2. The predicted octanol–water partition coefficient (Wildman–Crippen LogP) is 3.06. The van der Waals surface area contributed by atoms with Crippen molar-refractivity contribution in [2.45, 2.75) is 33.1 Å². The second-order valence-corrected chi connectivity index (χ2v) is 6.13. The fraction of sp³-hybridized carbons (Fsp3) is 0.333. The minimum absolute atomic E-state index is 0.191. The lowest BCUT2D eigenvalue weighted by Gasteiger charge is -2.21. The Balaban J connectivity index is 1.91. The summed E-state index contributed by atoms with van der Waals surface area (Å²) < 4.78 is 0. The van der Waals surface area contributed by atoms with Crippen LogP contribution in [0.2, 0.25) is 0 Å². The SMILES string of the molecule is Cc1ccccc1NC(=O)c1cc2c([nH]c1=O)CCC(C)C2. The third kappa shape index (κ3) is 2.82. The number of benzene rings is 1. The average molecular weight is 296 g/mol. The molecule has 1 aromatic heterocycles. The molecular formula is C18H20N2O2. The third-order valence-electron chi connectivity index (χ3n) is 4.31. The highest BCUT2D eigenvalue weighted by Gasteiger charge is 2.20. The van der Waals surface area contributed by atoms with E-state index >= 15 is 0 Å². The summed E-state index contributed by atoms with van der Waals surface area (Å²) in [5.74, 6) is 0.238. The van der Waals surface area contributed by atoms with Gasteiger partial charge < -0.3 is 10.3 Å². The van der Waals surface area contributed by atoms with Crippen LogP contribution in [0.4, 0.5) is 5.69 Å². The maximum Gasteiger partial charge on any atom is 0.261 e. The van der Waals surface area contributed by atoms with E-state index < -0.39 is 0 Å². The van der Waals surface area contributed by atoms with Crippen LogP contribution in [0, 0.1) is 12.8 Å². The second-order valence-electron chi connectivity index (χ2n) is 6.13. The van der Waals surface area contributed by atoms with E-state index in [0.29, 0.717) is 5.92 Å². The van der Waals surface area contributed by atoms with Crippen LogP contribution in [0.15, 0.2) is 35.1 Å². The third-order valence-corrected chi connectivity index (χ3v) is 4.31. The van der Waals surface area contributed by atoms with E-state index in [1.807, 2.05) is 31.2 Å². The van der Waals surface area contributed by atoms with Crippen LogP contribution in [0.25, 0.3) is 0 Å². The highest BCUT2D eigenvalue weighted by atomic mass is 16.2. The first kappa shape index (κ1) is 14.6. The molecular weight excluding hydrogens is 276 g/mol. The van der Waals surface area contributed by atoms with Crippen molar-refractivity contribution >= 4 is 11.6 Å². The van der Waals surface area contributed by atoms with Gasteiger partial charge in [0.1, 0.15) is 5.56 Å². The van der Waals surface area contributed by atoms with Crippen LogP contribution in [0.1, 0.15) is 40.5 Å². The molecule has 0 spiro atoms. The largest absolute Gasteiger partial charge is 0.325 e. The highest BCUT2D eigenvalue weighted by molar-refractivity contribution is 6.04. The number of nitrogens with one attached hydrogen (secondary N) is 2. The van der Waals surface area contributed by atoms with Crippen LogP contribution in [-0.4, -0.2) is 10.9 Å². The lowest BCUT2D eigenvalue weighted by Crippen LogP contribution is -2.27. The van der Waals surface area contributed by atoms with Crippen LogP contribution in [0.5, 0.6) is 0 Å². The number of anilines is 1. The number of carbonyl (C=O) groups excluding carboxylic acids is 1. The van der Waals surface area contributed by atoms with Gasteiger partial charge in [0.25, 0.3) is 11.5 Å². The summed E-state index contributed by atoms with van der Waals surface area (Å²) in [6, 6.07) is 9.30. The fourth-order valence-electron chi connectivity index (χ4n) is 2.96. The first-order chi connectivity index (χ1) is 10.5. The maximum absolute atomic E-state index is 12.4. The molecule has 0 aliphatic heterocycles. The van der Waals surface area contributed by atoms with Gasteiger partial charge >= 0.3 is 0 Å². The molecule has 2 aromatic rings. The van der Waals surface area contributed by atoms with Crippen LogP contribution in [0.3, 0.4) is 0 Å². The molecule has 0 fully saturated rings. The number of H-pyrrole nitrogens is 1. The Morgan fingerprint density at radius 3 is 2.86 bits per heavy atom. The number of amides is 1. The van der Waals surface area contributed by atoms with Gasteiger partial charge in [0.2, 0.25) is 0 Å². The van der Waals surface area contributed by atoms with E-state index in [2.05, 4.69) is 17.2 Å². The molecule has 0 radical (unpaired) electrons. The van der Waals surface area contributed by atoms with Crippen molar-refractivity contribution in [2.24, 2.45) is 5.92 Å². The fourth-order valence-corrected chi connectivity index (χ4v) is 2.96. The number of para-hydroxylation sites is 1. The van der Waals surface area contributed by atoms with Gasteiger partial charge in [-0.25, -0.2) is 0 Å². The van der Waals surface area contributed by atoms with E-state index in [9.17, 15) is 9.59 Å². The molecule has 1 atom stereocenters. The van der Waals surface area contributed by atoms with Gasteiger partial charge in [-0.3, -0.25) is 9.59 Å². The van der Waals surface area contributed by atoms with E-state index in [1.165, 1.54) is 0 Å². The van der Waals surface area contributed by atoms with Crippen molar-refractivity contribution in [3.63, 3.8) is 0 Å². The number of aromatic nitrogens is 1. The van der Waals surface area contributed by atoms with Crippen molar-refractivity contribution in [1.29, 1.82) is 0 Å². The van der Waals surface area contributed by atoms with E-state index in [4.69, 9.17) is 0 Å². The zero-order valence-electron chi connectivity index (χ0n) is 12.9. The summed E-state index contributed by atoms with van der Waals surface area (Å²) in [6.07, 6.45) is 2.87. The van der Waals surface area contributed by atoms with Gasteiger partial charge in [0.05, 0.1) is 0 Å². The predicted molar refractivity (Wildman–Crippen MR) is 87.4 cm³/mol. The van der Waals surface area contributed by atoms with E-state index in [1.54, 1.807) is 6.07 Å². The molecule has 4 heteroatoms. The number of carbonyl (C=O) groups is 1. The Hall–Kier alpha value is -2.36. The van der Waals surface area contributed by atoms with Crippen molar-refractivity contribution in [2.75, 3.05) is 5.32 Å². The first-order valence-electron chi connectivity index (χ1n) is 7.66. The summed E-state index contributed by atoms with van der Waals surface area (Å²) in [4.78, 5) is 27.5. The van der Waals surface area contributed by atoms with Crippen molar-refractivity contribution < 1.29 is 4.79 Å². The first-order valence-corrected chi connectivity index (χ1v) is 7.66. The Morgan fingerprint density at radius 2 is 2.09 bits per heavy atom. The minimum atomic E-state index is -0.350. The Labute approximate surface area is 129 Å². The number of rotatable bonds is 2. The monoisotopic (exact) mass is 296 g/mol. The zero-order valence-corrected chi connectivity index (χ0v) is 12.9. The molecule has 0 bridgehead atoms. The minimum Gasteiger partial charge on any atom is -0.325 e. The van der Waals surface area contributed by atoms with Gasteiger partial charge in [0, 0.05) is 11.4 Å². The molecule has 1 amide bonds. The molecule has 0 saturated heterocycles. The summed E-state index contributed by atoms with van der Waals surface area (Å²) in [5.41, 5.74) is 3.66. The van der Waals surface area contributed by atoms with E-state index in [-0.39, 0.29) is 17.0 Å². The summed E-state index contributed by atoms with van der Waals surface area (Å²) in [5, 5.41) is 2.83. The van der Waals surface area contributed by atoms with Crippen LogP contribution < -0.4 is 10.9 Å².